The monoisotopic (exact) mass is 240 g/mol. The Balaban J connectivity index is 2.39. The van der Waals surface area contributed by atoms with Crippen LogP contribution in [0.15, 0.2) is 48.8 Å². The molecule has 18 heavy (non-hydrogen) atoms. The van der Waals surface area contributed by atoms with E-state index in [9.17, 15) is 0 Å². The molecule has 2 aromatic rings. The van der Waals surface area contributed by atoms with Crippen molar-refractivity contribution < 1.29 is 4.57 Å². The predicted octanol–water partition coefficient (Wildman–Crippen LogP) is 3.87. The van der Waals surface area contributed by atoms with Crippen LogP contribution in [0.25, 0.3) is 5.69 Å². The van der Waals surface area contributed by atoms with E-state index in [4.69, 9.17) is 0 Å². The number of para-hydroxylation sites is 1. The standard InChI is InChI=1S/C17H22N/c1-3-8-15-12-16(9-4-2)14-18(13-15)17-10-6-5-7-11-17/h5-7,10-14H,3-4,8-9H2,1-2H3/q+1. The van der Waals surface area contributed by atoms with Gasteiger partial charge in [0.15, 0.2) is 12.4 Å². The van der Waals surface area contributed by atoms with Crippen LogP contribution in [0.5, 0.6) is 0 Å². The number of aromatic nitrogens is 1. The minimum Gasteiger partial charge on any atom is -0.167 e. The number of hydrogen-bond donors (Lipinski definition) is 0. The molecule has 1 heterocycles. The topological polar surface area (TPSA) is 3.88 Å². The van der Waals surface area contributed by atoms with E-state index in [1.54, 1.807) is 0 Å². The average Bonchev–Trinajstić information content (AvgIpc) is 2.40. The quantitative estimate of drug-likeness (QED) is 0.699. The molecule has 0 saturated carbocycles. The first kappa shape index (κ1) is 12.8. The number of hydrogen-bond acceptors (Lipinski definition) is 0. The Morgan fingerprint density at radius 3 is 1.89 bits per heavy atom. The highest BCUT2D eigenvalue weighted by atomic mass is 14.9. The first-order valence-electron chi connectivity index (χ1n) is 6.93. The van der Waals surface area contributed by atoms with Crippen molar-refractivity contribution in [3.63, 3.8) is 0 Å². The van der Waals surface area contributed by atoms with Crippen molar-refractivity contribution in [2.24, 2.45) is 0 Å². The van der Waals surface area contributed by atoms with E-state index >= 15 is 0 Å². The van der Waals surface area contributed by atoms with Gasteiger partial charge in [0, 0.05) is 23.3 Å². The van der Waals surface area contributed by atoms with Crippen LogP contribution in [0.1, 0.15) is 37.8 Å². The Morgan fingerprint density at radius 1 is 0.833 bits per heavy atom. The van der Waals surface area contributed by atoms with Gasteiger partial charge in [-0.3, -0.25) is 0 Å². The summed E-state index contributed by atoms with van der Waals surface area (Å²) >= 11 is 0. The van der Waals surface area contributed by atoms with Gasteiger partial charge in [0.2, 0.25) is 5.69 Å². The molecule has 1 nitrogen and oxygen atoms in total. The zero-order valence-corrected chi connectivity index (χ0v) is 11.4. The fourth-order valence-corrected chi connectivity index (χ4v) is 2.31. The smallest absolute Gasteiger partial charge is 0.167 e. The van der Waals surface area contributed by atoms with Gasteiger partial charge < -0.3 is 0 Å². The molecule has 94 valence electrons. The number of pyridine rings is 1. The van der Waals surface area contributed by atoms with Crippen LogP contribution in [0.4, 0.5) is 0 Å². The van der Waals surface area contributed by atoms with Crippen LogP contribution in [-0.2, 0) is 12.8 Å². The Kier molecular flexibility index (Phi) is 4.52. The number of benzene rings is 1. The highest BCUT2D eigenvalue weighted by Gasteiger charge is 2.09. The summed E-state index contributed by atoms with van der Waals surface area (Å²) in [6.45, 7) is 4.47. The fraction of sp³-hybridized carbons (Fsp3) is 0.353. The molecule has 1 aromatic carbocycles. The summed E-state index contributed by atoms with van der Waals surface area (Å²) in [4.78, 5) is 0. The van der Waals surface area contributed by atoms with Gasteiger partial charge in [0.25, 0.3) is 0 Å². The molecule has 0 radical (unpaired) electrons. The van der Waals surface area contributed by atoms with Gasteiger partial charge in [-0.05, 0) is 18.9 Å². The molecule has 0 aliphatic rings. The second kappa shape index (κ2) is 6.34. The summed E-state index contributed by atoms with van der Waals surface area (Å²) < 4.78 is 2.26. The van der Waals surface area contributed by atoms with Crippen molar-refractivity contribution in [3.8, 4) is 5.69 Å². The molecule has 2 rings (SSSR count). The van der Waals surface area contributed by atoms with E-state index in [0.717, 1.165) is 12.8 Å². The molecule has 0 atom stereocenters. The van der Waals surface area contributed by atoms with Crippen LogP contribution in [0, 0.1) is 0 Å². The maximum Gasteiger partial charge on any atom is 0.210 e. The lowest BCUT2D eigenvalue weighted by Gasteiger charge is -2.03. The minimum absolute atomic E-state index is 1.16. The molecule has 0 aliphatic heterocycles. The van der Waals surface area contributed by atoms with E-state index in [0.29, 0.717) is 0 Å². The second-order valence-electron chi connectivity index (χ2n) is 4.80. The summed E-state index contributed by atoms with van der Waals surface area (Å²) in [7, 11) is 0. The van der Waals surface area contributed by atoms with Gasteiger partial charge in [-0.1, -0.05) is 44.9 Å². The lowest BCUT2D eigenvalue weighted by atomic mass is 10.1. The minimum atomic E-state index is 1.16. The van der Waals surface area contributed by atoms with Crippen molar-refractivity contribution >= 4 is 0 Å². The largest absolute Gasteiger partial charge is 0.210 e. The zero-order valence-electron chi connectivity index (χ0n) is 11.4. The summed E-state index contributed by atoms with van der Waals surface area (Å²) in [6.07, 6.45) is 9.24. The van der Waals surface area contributed by atoms with Gasteiger partial charge in [0.1, 0.15) is 0 Å². The zero-order chi connectivity index (χ0) is 12.8. The molecule has 0 amide bonds. The Morgan fingerprint density at radius 2 is 1.39 bits per heavy atom. The average molecular weight is 240 g/mol. The SMILES string of the molecule is CCCc1cc(CCC)c[n+](-c2ccccc2)c1. The van der Waals surface area contributed by atoms with Gasteiger partial charge in [0.05, 0.1) is 0 Å². The Bertz CT molecular complexity index is 464. The van der Waals surface area contributed by atoms with Crippen molar-refractivity contribution in [2.45, 2.75) is 39.5 Å². The molecule has 0 fully saturated rings. The first-order valence-corrected chi connectivity index (χ1v) is 6.93. The number of nitrogens with zero attached hydrogens (tertiary/aromatic N) is 1. The molecule has 1 heteroatoms. The highest BCUT2D eigenvalue weighted by molar-refractivity contribution is 5.24. The van der Waals surface area contributed by atoms with Crippen molar-refractivity contribution in [2.75, 3.05) is 0 Å². The second-order valence-corrected chi connectivity index (χ2v) is 4.80. The summed E-state index contributed by atoms with van der Waals surface area (Å²) in [5.41, 5.74) is 4.12. The van der Waals surface area contributed by atoms with E-state index in [-0.39, 0.29) is 0 Å². The lowest BCUT2D eigenvalue weighted by Crippen LogP contribution is -2.31. The van der Waals surface area contributed by atoms with Gasteiger partial charge >= 0.3 is 0 Å². The molecular formula is C17H22N+. The molecule has 0 spiro atoms. The molecular weight excluding hydrogens is 218 g/mol. The Labute approximate surface area is 110 Å². The molecule has 0 unspecified atom stereocenters. The molecule has 0 N–H and O–H groups in total. The maximum atomic E-state index is 2.35. The van der Waals surface area contributed by atoms with E-state index < -0.39 is 0 Å². The summed E-state index contributed by atoms with van der Waals surface area (Å²) in [5.74, 6) is 0. The summed E-state index contributed by atoms with van der Waals surface area (Å²) in [6, 6.07) is 12.9. The Hall–Kier alpha value is -1.63. The lowest BCUT2D eigenvalue weighted by molar-refractivity contribution is -0.596. The first-order chi connectivity index (χ1) is 8.83. The van der Waals surface area contributed by atoms with Crippen LogP contribution >= 0.6 is 0 Å². The van der Waals surface area contributed by atoms with Crippen molar-refractivity contribution in [1.82, 2.24) is 0 Å². The van der Waals surface area contributed by atoms with Gasteiger partial charge in [-0.2, -0.15) is 4.57 Å². The van der Waals surface area contributed by atoms with Crippen LogP contribution in [0.2, 0.25) is 0 Å². The number of aryl methyl sites for hydroxylation is 2. The third-order valence-corrected chi connectivity index (χ3v) is 3.11. The summed E-state index contributed by atoms with van der Waals surface area (Å²) in [5, 5.41) is 0. The van der Waals surface area contributed by atoms with E-state index in [1.807, 2.05) is 0 Å². The highest BCUT2D eigenvalue weighted by Crippen LogP contribution is 2.09. The number of rotatable bonds is 5. The fourth-order valence-electron chi connectivity index (χ4n) is 2.31. The van der Waals surface area contributed by atoms with Crippen molar-refractivity contribution in [1.29, 1.82) is 0 Å². The van der Waals surface area contributed by atoms with Crippen LogP contribution in [0.3, 0.4) is 0 Å². The van der Waals surface area contributed by atoms with E-state index in [1.165, 1.54) is 29.7 Å². The van der Waals surface area contributed by atoms with Crippen LogP contribution in [-0.4, -0.2) is 0 Å². The predicted molar refractivity (Wildman–Crippen MR) is 76.0 cm³/mol. The third-order valence-electron chi connectivity index (χ3n) is 3.11. The van der Waals surface area contributed by atoms with Crippen LogP contribution < -0.4 is 4.57 Å². The van der Waals surface area contributed by atoms with E-state index in [2.05, 4.69) is 67.2 Å². The molecule has 0 bridgehead atoms. The molecule has 1 aromatic heterocycles. The molecule has 0 aliphatic carbocycles. The maximum absolute atomic E-state index is 2.35. The third kappa shape index (κ3) is 3.19. The van der Waals surface area contributed by atoms with Gasteiger partial charge in [-0.15, -0.1) is 0 Å². The molecule has 0 saturated heterocycles. The van der Waals surface area contributed by atoms with Crippen molar-refractivity contribution in [3.05, 3.63) is 59.9 Å². The van der Waals surface area contributed by atoms with Gasteiger partial charge in [-0.25, -0.2) is 0 Å². The normalized spacial score (nSPS) is 10.6.